The second kappa shape index (κ2) is 6.51. The minimum Gasteiger partial charge on any atom is -0.394 e. The van der Waals surface area contributed by atoms with E-state index in [0.29, 0.717) is 0 Å². The fourth-order valence-corrected chi connectivity index (χ4v) is 0.890. The second-order valence-corrected chi connectivity index (χ2v) is 3.15. The van der Waals surface area contributed by atoms with Crippen molar-refractivity contribution in [3.63, 3.8) is 0 Å². The average molecular weight is 238 g/mol. The van der Waals surface area contributed by atoms with Crippen LogP contribution in [0.1, 0.15) is 6.92 Å². The summed E-state index contributed by atoms with van der Waals surface area (Å²) >= 11 is 0. The molecule has 4 atom stereocenters. The summed E-state index contributed by atoms with van der Waals surface area (Å²) in [4.78, 5) is 21.8. The first kappa shape index (κ1) is 13.0. The molecule has 0 aliphatic rings. The Hall–Kier alpha value is -1.06. The highest BCUT2D eigenvalue weighted by Gasteiger charge is 2.34. The van der Waals surface area contributed by atoms with Gasteiger partial charge in [-0.25, -0.2) is 0 Å². The van der Waals surface area contributed by atoms with Crippen LogP contribution in [0.4, 0.5) is 0 Å². The zero-order chi connectivity index (χ0) is 13.7. The molecule has 6 N–H and O–H groups in total. The molecule has 0 spiro atoms. The van der Waals surface area contributed by atoms with Gasteiger partial charge in [0, 0.05) is 6.92 Å². The van der Waals surface area contributed by atoms with Crippen LogP contribution in [0.2, 0.25) is 1.41 Å². The summed E-state index contributed by atoms with van der Waals surface area (Å²) in [5.74, 6) is -2.44. The van der Waals surface area contributed by atoms with E-state index in [-0.39, 0.29) is 5.31 Å². The zero-order valence-electron chi connectivity index (χ0n) is 9.52. The standard InChI is InChI=1S/C8H15NO7/c1-3(11)9-8(16)7(15)6(14)5(13)4(12)2-10/h4-7,10,12-15H,2H2,1H3,(H,9,11,16)/t4-,5-,6+,7-/m1/s1/i/hD. The molecule has 94 valence electrons. The lowest BCUT2D eigenvalue weighted by Gasteiger charge is -2.24. The van der Waals surface area contributed by atoms with Gasteiger partial charge >= 0.3 is 0 Å². The third-order valence-corrected chi connectivity index (χ3v) is 1.78. The highest BCUT2D eigenvalue weighted by Crippen LogP contribution is 2.05. The van der Waals surface area contributed by atoms with E-state index in [1.54, 1.807) is 0 Å². The molecule has 0 aromatic carbocycles. The van der Waals surface area contributed by atoms with Crippen molar-refractivity contribution in [1.82, 2.24) is 5.31 Å². The Morgan fingerprint density at radius 3 is 2.12 bits per heavy atom. The molecule has 0 rings (SSSR count). The summed E-state index contributed by atoms with van der Waals surface area (Å²) in [5.41, 5.74) is 0. The number of nitrogens with one attached hydrogen (secondary N) is 1. The van der Waals surface area contributed by atoms with E-state index in [9.17, 15) is 24.9 Å². The Kier molecular flexibility index (Phi) is 5.29. The van der Waals surface area contributed by atoms with Crippen LogP contribution in [0.15, 0.2) is 0 Å². The van der Waals surface area contributed by atoms with Gasteiger partial charge in [0.15, 0.2) is 7.52 Å². The monoisotopic (exact) mass is 238 g/mol. The maximum absolute atomic E-state index is 11.2. The summed E-state index contributed by atoms with van der Waals surface area (Å²) in [6, 6.07) is 0. The Morgan fingerprint density at radius 1 is 1.25 bits per heavy atom. The SMILES string of the molecule is [2H]N(C(C)=O)C(=O)[C@H](O)[C@@H](O)[C@H](O)[C@H](O)CO. The zero-order valence-corrected chi connectivity index (χ0v) is 8.52. The predicted molar refractivity (Wildman–Crippen MR) is 49.9 cm³/mol. The lowest BCUT2D eigenvalue weighted by Crippen LogP contribution is -2.52. The number of carbonyl (C=O) groups excluding carboxylic acids is 2. The molecule has 0 fully saturated rings. The fraction of sp³-hybridized carbons (Fsp3) is 0.750. The highest BCUT2D eigenvalue weighted by molar-refractivity contribution is 5.96. The average Bonchev–Trinajstić information content (AvgIpc) is 2.32. The first-order valence-electron chi connectivity index (χ1n) is 4.85. The molecule has 2 amide bonds. The molecule has 0 saturated heterocycles. The number of rotatable bonds is 5. The minimum atomic E-state index is -2.26. The molecule has 0 aliphatic heterocycles. The summed E-state index contributed by atoms with van der Waals surface area (Å²) in [7, 11) is 0. The molecule has 0 heterocycles. The van der Waals surface area contributed by atoms with Gasteiger partial charge in [0.2, 0.25) is 5.91 Å². The molecule has 0 aliphatic carbocycles. The third-order valence-electron chi connectivity index (χ3n) is 1.78. The molecule has 0 saturated carbocycles. The van der Waals surface area contributed by atoms with Crippen LogP contribution in [0.3, 0.4) is 0 Å². The topological polar surface area (TPSA) is 147 Å². The molecule has 16 heavy (non-hydrogen) atoms. The molecule has 0 unspecified atom stereocenters. The van der Waals surface area contributed by atoms with Crippen molar-refractivity contribution in [2.75, 3.05) is 6.61 Å². The van der Waals surface area contributed by atoms with E-state index >= 15 is 0 Å². The lowest BCUT2D eigenvalue weighted by molar-refractivity contribution is -0.150. The van der Waals surface area contributed by atoms with Crippen molar-refractivity contribution in [3.8, 4) is 0 Å². The number of aliphatic hydroxyl groups is 5. The van der Waals surface area contributed by atoms with Crippen LogP contribution < -0.4 is 5.31 Å². The van der Waals surface area contributed by atoms with E-state index in [2.05, 4.69) is 0 Å². The smallest absolute Gasteiger partial charge is 0.258 e. The Balaban J connectivity index is 4.64. The summed E-state index contributed by atoms with van der Waals surface area (Å²) < 4.78 is 6.92. The van der Waals surface area contributed by atoms with Gasteiger partial charge in [-0.15, -0.1) is 0 Å². The van der Waals surface area contributed by atoms with Gasteiger partial charge in [-0.2, -0.15) is 0 Å². The van der Waals surface area contributed by atoms with Crippen LogP contribution >= 0.6 is 0 Å². The van der Waals surface area contributed by atoms with Gasteiger partial charge in [0.1, 0.15) is 18.3 Å². The van der Waals surface area contributed by atoms with E-state index < -0.39 is 42.8 Å². The summed E-state index contributed by atoms with van der Waals surface area (Å²) in [6.45, 7) is -0.000561. The molecule has 8 nitrogen and oxygen atoms in total. The van der Waals surface area contributed by atoms with Crippen LogP contribution in [-0.4, -0.2) is 68.4 Å². The summed E-state index contributed by atoms with van der Waals surface area (Å²) in [6.07, 6.45) is -8.13. The van der Waals surface area contributed by atoms with Gasteiger partial charge in [-0.05, 0) is 0 Å². The number of hydrogen-bond donors (Lipinski definition) is 6. The maximum Gasteiger partial charge on any atom is 0.258 e. The van der Waals surface area contributed by atoms with Crippen LogP contribution in [0.25, 0.3) is 0 Å². The van der Waals surface area contributed by atoms with Crippen molar-refractivity contribution in [2.45, 2.75) is 31.3 Å². The first-order valence-corrected chi connectivity index (χ1v) is 4.40. The van der Waals surface area contributed by atoms with Crippen LogP contribution in [0.5, 0.6) is 0 Å². The molecule has 8 heteroatoms. The first-order chi connectivity index (χ1) is 7.73. The van der Waals surface area contributed by atoms with Gasteiger partial charge in [-0.1, -0.05) is 0 Å². The Morgan fingerprint density at radius 2 is 1.75 bits per heavy atom. The van der Waals surface area contributed by atoms with Crippen molar-refractivity contribution >= 4 is 11.8 Å². The number of carbonyl (C=O) groups is 2. The molecular formula is C8H15NO7. The third kappa shape index (κ3) is 4.21. The lowest BCUT2D eigenvalue weighted by atomic mass is 10.0. The highest BCUT2D eigenvalue weighted by atomic mass is 16.4. The summed E-state index contributed by atoms with van der Waals surface area (Å²) in [5, 5.41) is 45.0. The number of aliphatic hydroxyl groups excluding tert-OH is 5. The largest absolute Gasteiger partial charge is 0.394 e. The maximum atomic E-state index is 11.2. The second-order valence-electron chi connectivity index (χ2n) is 3.15. The van der Waals surface area contributed by atoms with E-state index in [4.69, 9.17) is 11.6 Å². The normalized spacial score (nSPS) is 19.2. The number of amides is 2. The van der Waals surface area contributed by atoms with Gasteiger partial charge in [0.05, 0.1) is 6.61 Å². The quantitative estimate of drug-likeness (QED) is 0.286. The molecule has 0 aromatic heterocycles. The van der Waals surface area contributed by atoms with Gasteiger partial charge in [0.25, 0.3) is 5.91 Å². The molecule has 0 bridgehead atoms. The number of imide groups is 1. The van der Waals surface area contributed by atoms with Crippen molar-refractivity contribution in [2.24, 2.45) is 0 Å². The van der Waals surface area contributed by atoms with Crippen molar-refractivity contribution in [3.05, 3.63) is 0 Å². The van der Waals surface area contributed by atoms with Gasteiger partial charge in [-0.3, -0.25) is 14.9 Å². The molecule has 0 radical (unpaired) electrons. The van der Waals surface area contributed by atoms with Crippen LogP contribution in [0, 0.1) is 0 Å². The Labute approximate surface area is 92.6 Å². The molecule has 0 aromatic rings. The fourth-order valence-electron chi connectivity index (χ4n) is 0.890. The number of hydrogen-bond acceptors (Lipinski definition) is 7. The predicted octanol–water partition coefficient (Wildman–Crippen LogP) is -3.91. The Bertz CT molecular complexity index is 287. The van der Waals surface area contributed by atoms with Gasteiger partial charge < -0.3 is 25.5 Å². The van der Waals surface area contributed by atoms with E-state index in [1.165, 1.54) is 0 Å². The van der Waals surface area contributed by atoms with Crippen LogP contribution in [-0.2, 0) is 9.59 Å². The van der Waals surface area contributed by atoms with E-state index in [0.717, 1.165) is 6.92 Å². The van der Waals surface area contributed by atoms with E-state index in [1.807, 2.05) is 0 Å². The van der Waals surface area contributed by atoms with Crippen molar-refractivity contribution in [1.29, 1.82) is 0 Å². The molecular weight excluding hydrogens is 222 g/mol. The van der Waals surface area contributed by atoms with Crippen molar-refractivity contribution < 1.29 is 36.5 Å². The minimum absolute atomic E-state index is 0.189.